The highest BCUT2D eigenvalue weighted by molar-refractivity contribution is 5.97. The van der Waals surface area contributed by atoms with Crippen LogP contribution < -0.4 is 5.32 Å². The third kappa shape index (κ3) is 3.02. The van der Waals surface area contributed by atoms with Crippen LogP contribution in [-0.2, 0) is 0 Å². The fourth-order valence-electron chi connectivity index (χ4n) is 2.59. The average Bonchev–Trinajstić information content (AvgIpc) is 2.67. The molecule has 3 N–H and O–H groups in total. The predicted molar refractivity (Wildman–Crippen MR) is 73.3 cm³/mol. The van der Waals surface area contributed by atoms with E-state index >= 15 is 0 Å². The third-order valence-electron chi connectivity index (χ3n) is 3.75. The highest BCUT2D eigenvalue weighted by Gasteiger charge is 2.33. The van der Waals surface area contributed by atoms with Crippen LogP contribution in [0.4, 0.5) is 0 Å². The van der Waals surface area contributed by atoms with E-state index in [0.717, 1.165) is 25.7 Å². The van der Waals surface area contributed by atoms with Crippen LogP contribution in [0, 0.1) is 11.3 Å². The van der Waals surface area contributed by atoms with E-state index in [-0.39, 0.29) is 17.1 Å². The Bertz CT molecular complexity index is 541. The van der Waals surface area contributed by atoms with Gasteiger partial charge >= 0.3 is 0 Å². The number of phenolic OH excluding ortho intramolecular Hbond substituents is 2. The highest BCUT2D eigenvalue weighted by Crippen LogP contribution is 2.28. The molecule has 106 valence electrons. The van der Waals surface area contributed by atoms with Gasteiger partial charge in [0.2, 0.25) is 0 Å². The molecule has 1 aromatic carbocycles. The Morgan fingerprint density at radius 2 is 1.85 bits per heavy atom. The second kappa shape index (κ2) is 5.83. The molecule has 1 aliphatic carbocycles. The number of hydrogen-bond donors (Lipinski definition) is 3. The molecule has 0 radical (unpaired) electrons. The summed E-state index contributed by atoms with van der Waals surface area (Å²) in [5.41, 5.74) is -0.880. The van der Waals surface area contributed by atoms with Gasteiger partial charge in [0.05, 0.1) is 11.6 Å². The molecule has 1 aromatic rings. The Hall–Kier alpha value is -2.22. The average molecular weight is 274 g/mol. The Kier molecular flexibility index (Phi) is 4.14. The van der Waals surface area contributed by atoms with Gasteiger partial charge in [0.25, 0.3) is 5.91 Å². The van der Waals surface area contributed by atoms with Crippen LogP contribution in [0.5, 0.6) is 11.5 Å². The lowest BCUT2D eigenvalue weighted by atomic mass is 9.91. The second-order valence-electron chi connectivity index (χ2n) is 5.26. The van der Waals surface area contributed by atoms with Crippen molar-refractivity contribution in [1.29, 1.82) is 5.26 Å². The number of hydrogen-bond acceptors (Lipinski definition) is 4. The zero-order valence-electron chi connectivity index (χ0n) is 11.2. The Morgan fingerprint density at radius 1 is 1.20 bits per heavy atom. The van der Waals surface area contributed by atoms with Crippen LogP contribution in [0.3, 0.4) is 0 Å². The number of phenols is 2. The maximum atomic E-state index is 12.2. The molecule has 0 spiro atoms. The summed E-state index contributed by atoms with van der Waals surface area (Å²) in [6.07, 6.45) is 5.18. The summed E-state index contributed by atoms with van der Waals surface area (Å²) >= 11 is 0. The molecule has 1 amide bonds. The van der Waals surface area contributed by atoms with Crippen LogP contribution >= 0.6 is 0 Å². The van der Waals surface area contributed by atoms with Crippen molar-refractivity contribution in [3.05, 3.63) is 23.8 Å². The highest BCUT2D eigenvalue weighted by atomic mass is 16.3. The Balaban J connectivity index is 2.21. The van der Waals surface area contributed by atoms with Gasteiger partial charge in [-0.15, -0.1) is 0 Å². The number of nitriles is 1. The molecule has 5 nitrogen and oxygen atoms in total. The van der Waals surface area contributed by atoms with E-state index in [4.69, 9.17) is 0 Å². The largest absolute Gasteiger partial charge is 0.508 e. The molecular weight excluding hydrogens is 256 g/mol. The minimum Gasteiger partial charge on any atom is -0.508 e. The number of aromatic hydroxyl groups is 2. The van der Waals surface area contributed by atoms with Crippen LogP contribution in [-0.4, -0.2) is 21.7 Å². The first kappa shape index (κ1) is 14.2. The maximum absolute atomic E-state index is 12.2. The summed E-state index contributed by atoms with van der Waals surface area (Å²) in [5.74, 6) is -0.830. The number of benzene rings is 1. The molecule has 2 rings (SSSR count). The van der Waals surface area contributed by atoms with Gasteiger partial charge in [-0.3, -0.25) is 4.79 Å². The number of rotatable bonds is 2. The van der Waals surface area contributed by atoms with Crippen molar-refractivity contribution in [2.75, 3.05) is 0 Å². The lowest BCUT2D eigenvalue weighted by Crippen LogP contribution is -2.47. The quantitative estimate of drug-likeness (QED) is 0.570. The molecule has 0 heterocycles. The summed E-state index contributed by atoms with van der Waals surface area (Å²) in [7, 11) is 0. The van der Waals surface area contributed by atoms with E-state index in [9.17, 15) is 20.3 Å². The molecular formula is C15H18N2O3. The van der Waals surface area contributed by atoms with E-state index in [1.165, 1.54) is 18.2 Å². The van der Waals surface area contributed by atoms with Crippen molar-refractivity contribution in [1.82, 2.24) is 5.32 Å². The van der Waals surface area contributed by atoms with Gasteiger partial charge in [-0.05, 0) is 31.0 Å². The Labute approximate surface area is 117 Å². The first-order valence-corrected chi connectivity index (χ1v) is 6.82. The van der Waals surface area contributed by atoms with Gasteiger partial charge in [-0.2, -0.15) is 5.26 Å². The number of carbonyl (C=O) groups excluding carboxylic acids is 1. The topological polar surface area (TPSA) is 93.4 Å². The summed E-state index contributed by atoms with van der Waals surface area (Å²) in [6.45, 7) is 0. The molecule has 1 saturated carbocycles. The van der Waals surface area contributed by atoms with Crippen molar-refractivity contribution >= 4 is 5.91 Å². The summed E-state index contributed by atoms with van der Waals surface area (Å²) in [4.78, 5) is 12.2. The molecule has 5 heteroatoms. The van der Waals surface area contributed by atoms with Crippen molar-refractivity contribution < 1.29 is 15.0 Å². The fraction of sp³-hybridized carbons (Fsp3) is 0.467. The smallest absolute Gasteiger partial charge is 0.256 e. The van der Waals surface area contributed by atoms with Gasteiger partial charge in [-0.1, -0.05) is 25.7 Å². The summed E-state index contributed by atoms with van der Waals surface area (Å²) < 4.78 is 0. The lowest BCUT2D eigenvalue weighted by Gasteiger charge is -2.26. The van der Waals surface area contributed by atoms with Crippen molar-refractivity contribution in [2.24, 2.45) is 0 Å². The van der Waals surface area contributed by atoms with E-state index in [0.29, 0.717) is 12.8 Å². The van der Waals surface area contributed by atoms with Crippen LogP contribution in [0.15, 0.2) is 18.2 Å². The van der Waals surface area contributed by atoms with Crippen LogP contribution in [0.1, 0.15) is 48.9 Å². The van der Waals surface area contributed by atoms with Crippen molar-refractivity contribution in [2.45, 2.75) is 44.1 Å². The monoisotopic (exact) mass is 274 g/mol. The molecule has 0 saturated heterocycles. The third-order valence-corrected chi connectivity index (χ3v) is 3.75. The lowest BCUT2D eigenvalue weighted by molar-refractivity contribution is 0.0909. The standard InChI is InChI=1S/C15H18N2O3/c16-10-15(7-3-1-2-4-8-15)17-14(20)12-9-11(18)5-6-13(12)19/h5-6,9,18-19H,1-4,7-8H2,(H,17,20). The Morgan fingerprint density at radius 3 is 2.45 bits per heavy atom. The molecule has 0 aromatic heterocycles. The fourth-order valence-corrected chi connectivity index (χ4v) is 2.59. The van der Waals surface area contributed by atoms with Crippen molar-refractivity contribution in [3.63, 3.8) is 0 Å². The minimum absolute atomic E-state index is 0.0103. The second-order valence-corrected chi connectivity index (χ2v) is 5.26. The zero-order valence-corrected chi connectivity index (χ0v) is 11.2. The molecule has 0 unspecified atom stereocenters. The van der Waals surface area contributed by atoms with Gasteiger partial charge < -0.3 is 15.5 Å². The van der Waals surface area contributed by atoms with Gasteiger partial charge in [0.15, 0.2) is 0 Å². The number of nitrogens with one attached hydrogen (secondary N) is 1. The predicted octanol–water partition coefficient (Wildman–Crippen LogP) is 2.44. The number of nitrogens with zero attached hydrogens (tertiary/aromatic N) is 1. The molecule has 1 aliphatic rings. The summed E-state index contributed by atoms with van der Waals surface area (Å²) in [6, 6.07) is 5.98. The normalized spacial score (nSPS) is 17.8. The summed E-state index contributed by atoms with van der Waals surface area (Å²) in [5, 5.41) is 31.2. The van der Waals surface area contributed by atoms with Gasteiger partial charge in [0.1, 0.15) is 17.0 Å². The zero-order chi connectivity index (χ0) is 14.6. The maximum Gasteiger partial charge on any atom is 0.256 e. The molecule has 0 atom stereocenters. The number of amides is 1. The molecule has 20 heavy (non-hydrogen) atoms. The van der Waals surface area contributed by atoms with E-state index in [2.05, 4.69) is 11.4 Å². The van der Waals surface area contributed by atoms with Crippen LogP contribution in [0.2, 0.25) is 0 Å². The molecule has 0 aliphatic heterocycles. The van der Waals surface area contributed by atoms with E-state index in [1.54, 1.807) is 0 Å². The van der Waals surface area contributed by atoms with E-state index in [1.807, 2.05) is 0 Å². The first-order chi connectivity index (χ1) is 9.56. The van der Waals surface area contributed by atoms with Gasteiger partial charge in [-0.25, -0.2) is 0 Å². The molecule has 0 bridgehead atoms. The van der Waals surface area contributed by atoms with E-state index < -0.39 is 11.4 Å². The minimum atomic E-state index is -0.870. The van der Waals surface area contributed by atoms with Crippen LogP contribution in [0.25, 0.3) is 0 Å². The SMILES string of the molecule is N#CC1(NC(=O)c2cc(O)ccc2O)CCCCCC1. The number of carbonyl (C=O) groups is 1. The first-order valence-electron chi connectivity index (χ1n) is 6.82. The van der Waals surface area contributed by atoms with Crippen molar-refractivity contribution in [3.8, 4) is 17.6 Å². The molecule has 1 fully saturated rings. The van der Waals surface area contributed by atoms with Gasteiger partial charge in [0, 0.05) is 0 Å².